The fourth-order valence-corrected chi connectivity index (χ4v) is 2.15. The van der Waals surface area contributed by atoms with Crippen LogP contribution in [0.5, 0.6) is 0 Å². The lowest BCUT2D eigenvalue weighted by Gasteiger charge is -2.16. The van der Waals surface area contributed by atoms with Crippen LogP contribution in [-0.2, 0) is 11.5 Å². The molecule has 7 heteroatoms. The Bertz CT molecular complexity index is 363. The van der Waals surface area contributed by atoms with Gasteiger partial charge in [0.2, 0.25) is 0 Å². The quantitative estimate of drug-likeness (QED) is 0.563. The van der Waals surface area contributed by atoms with Crippen molar-refractivity contribution in [2.24, 2.45) is 0 Å². The van der Waals surface area contributed by atoms with Gasteiger partial charge in [-0.25, -0.2) is 4.98 Å². The molecule has 0 saturated heterocycles. The Hall–Kier alpha value is -0.628. The van der Waals surface area contributed by atoms with Gasteiger partial charge in [-0.15, -0.1) is 0 Å². The molecule has 0 saturated carbocycles. The first kappa shape index (κ1) is 14.4. The van der Waals surface area contributed by atoms with E-state index >= 15 is 0 Å². The number of nitrogens with zero attached hydrogens (tertiary/aromatic N) is 2. The maximum atomic E-state index is 9.15. The average molecular weight is 256 g/mol. The Kier molecular flexibility index (Phi) is 4.93. The zero-order valence-corrected chi connectivity index (χ0v) is 12.0. The van der Waals surface area contributed by atoms with Crippen molar-refractivity contribution in [1.29, 1.82) is 0 Å². The van der Waals surface area contributed by atoms with Crippen molar-refractivity contribution in [2.45, 2.75) is 39.3 Å². The number of aromatic nitrogens is 2. The van der Waals surface area contributed by atoms with E-state index < -0.39 is 15.2 Å². The SMILES string of the molecule is Cc1ncc(B(O)O)n1COCC[Si](C)(C)C. The van der Waals surface area contributed by atoms with Crippen LogP contribution in [0.2, 0.25) is 25.7 Å². The monoisotopic (exact) mass is 256 g/mol. The lowest BCUT2D eigenvalue weighted by Crippen LogP contribution is -2.37. The van der Waals surface area contributed by atoms with Gasteiger partial charge in [-0.05, 0) is 13.0 Å². The Labute approximate surface area is 104 Å². The molecule has 1 aromatic heterocycles. The summed E-state index contributed by atoms with van der Waals surface area (Å²) in [6.07, 6.45) is 1.46. The number of rotatable bonds is 6. The normalized spacial score (nSPS) is 11.9. The predicted molar refractivity (Wildman–Crippen MR) is 70.9 cm³/mol. The molecule has 0 aliphatic carbocycles. The minimum Gasteiger partial charge on any atom is -0.422 e. The van der Waals surface area contributed by atoms with Crippen molar-refractivity contribution in [3.63, 3.8) is 0 Å². The number of aryl methyl sites for hydroxylation is 1. The largest absolute Gasteiger partial charge is 0.507 e. The fraction of sp³-hybridized carbons (Fsp3) is 0.700. The summed E-state index contributed by atoms with van der Waals surface area (Å²) >= 11 is 0. The van der Waals surface area contributed by atoms with E-state index in [-0.39, 0.29) is 0 Å². The van der Waals surface area contributed by atoms with Crippen LogP contribution in [0.25, 0.3) is 0 Å². The molecular weight excluding hydrogens is 235 g/mol. The Balaban J connectivity index is 2.49. The van der Waals surface area contributed by atoms with Gasteiger partial charge in [-0.1, -0.05) is 19.6 Å². The molecule has 0 aliphatic heterocycles. The van der Waals surface area contributed by atoms with Crippen molar-refractivity contribution < 1.29 is 14.8 Å². The average Bonchev–Trinajstić information content (AvgIpc) is 2.53. The minimum absolute atomic E-state index is 0.323. The number of hydrogen-bond acceptors (Lipinski definition) is 4. The number of imidazole rings is 1. The number of hydrogen-bond donors (Lipinski definition) is 2. The zero-order valence-electron chi connectivity index (χ0n) is 11.0. The molecule has 0 amide bonds. The molecule has 0 spiro atoms. The molecule has 2 N–H and O–H groups in total. The maximum Gasteiger partial charge on any atom is 0.507 e. The predicted octanol–water partition coefficient (Wildman–Crippen LogP) is 0.184. The summed E-state index contributed by atoms with van der Waals surface area (Å²) in [7, 11) is -2.58. The summed E-state index contributed by atoms with van der Waals surface area (Å²) in [5.41, 5.74) is 0.371. The van der Waals surface area contributed by atoms with Crippen molar-refractivity contribution in [3.05, 3.63) is 12.0 Å². The van der Waals surface area contributed by atoms with Gasteiger partial charge in [0.25, 0.3) is 0 Å². The first-order valence-corrected chi connectivity index (χ1v) is 9.48. The van der Waals surface area contributed by atoms with E-state index in [4.69, 9.17) is 14.8 Å². The molecule has 1 rings (SSSR count). The van der Waals surface area contributed by atoms with E-state index in [1.807, 2.05) is 6.92 Å². The van der Waals surface area contributed by atoms with Crippen LogP contribution in [0.15, 0.2) is 6.20 Å². The molecule has 5 nitrogen and oxygen atoms in total. The molecule has 0 fully saturated rings. The van der Waals surface area contributed by atoms with E-state index in [2.05, 4.69) is 24.6 Å². The summed E-state index contributed by atoms with van der Waals surface area (Å²) in [6.45, 7) is 9.72. The maximum absolute atomic E-state index is 9.15. The molecule has 0 unspecified atom stereocenters. The van der Waals surface area contributed by atoms with Gasteiger partial charge in [-0.2, -0.15) is 0 Å². The first-order valence-electron chi connectivity index (χ1n) is 5.77. The smallest absolute Gasteiger partial charge is 0.422 e. The molecule has 0 radical (unpaired) electrons. The Morgan fingerprint density at radius 3 is 2.59 bits per heavy atom. The van der Waals surface area contributed by atoms with Gasteiger partial charge in [0.05, 0.1) is 5.59 Å². The third-order valence-electron chi connectivity index (χ3n) is 2.57. The summed E-state index contributed by atoms with van der Waals surface area (Å²) in [6, 6.07) is 1.09. The molecular formula is C10H21BN2O3Si. The van der Waals surface area contributed by atoms with Crippen molar-refractivity contribution in [3.8, 4) is 0 Å². The van der Waals surface area contributed by atoms with Crippen LogP contribution in [0.4, 0.5) is 0 Å². The van der Waals surface area contributed by atoms with E-state index in [0.717, 1.165) is 11.9 Å². The van der Waals surface area contributed by atoms with Crippen LogP contribution in [0.3, 0.4) is 0 Å². The Morgan fingerprint density at radius 2 is 2.06 bits per heavy atom. The van der Waals surface area contributed by atoms with Crippen LogP contribution in [0.1, 0.15) is 5.82 Å². The third-order valence-corrected chi connectivity index (χ3v) is 4.27. The first-order chi connectivity index (χ1) is 7.81. The molecule has 0 aromatic carbocycles. The highest BCUT2D eigenvalue weighted by atomic mass is 28.3. The van der Waals surface area contributed by atoms with Crippen LogP contribution >= 0.6 is 0 Å². The van der Waals surface area contributed by atoms with E-state index in [0.29, 0.717) is 18.9 Å². The van der Waals surface area contributed by atoms with Gasteiger partial charge in [0, 0.05) is 20.9 Å². The Morgan fingerprint density at radius 1 is 1.41 bits per heavy atom. The molecule has 96 valence electrons. The molecule has 0 aliphatic rings. The highest BCUT2D eigenvalue weighted by Crippen LogP contribution is 2.08. The summed E-state index contributed by atoms with van der Waals surface area (Å²) in [4.78, 5) is 4.04. The van der Waals surface area contributed by atoms with E-state index in [1.165, 1.54) is 6.20 Å². The van der Waals surface area contributed by atoms with E-state index in [1.54, 1.807) is 4.57 Å². The second-order valence-corrected chi connectivity index (χ2v) is 11.0. The minimum atomic E-state index is -1.50. The van der Waals surface area contributed by atoms with Gasteiger partial charge >= 0.3 is 7.12 Å². The molecule has 0 atom stereocenters. The van der Waals surface area contributed by atoms with Crippen LogP contribution in [0, 0.1) is 6.92 Å². The lowest BCUT2D eigenvalue weighted by atomic mass is 9.87. The van der Waals surface area contributed by atoms with Crippen molar-refractivity contribution in [1.82, 2.24) is 9.55 Å². The highest BCUT2D eigenvalue weighted by molar-refractivity contribution is 6.76. The molecule has 17 heavy (non-hydrogen) atoms. The van der Waals surface area contributed by atoms with Gasteiger partial charge < -0.3 is 19.4 Å². The van der Waals surface area contributed by atoms with Crippen molar-refractivity contribution in [2.75, 3.05) is 6.61 Å². The van der Waals surface area contributed by atoms with Gasteiger partial charge in [0.1, 0.15) is 12.6 Å². The molecule has 1 aromatic rings. The second kappa shape index (κ2) is 5.81. The summed E-state index contributed by atoms with van der Waals surface area (Å²) in [5.74, 6) is 0.723. The summed E-state index contributed by atoms with van der Waals surface area (Å²) in [5, 5.41) is 18.3. The highest BCUT2D eigenvalue weighted by Gasteiger charge is 2.19. The van der Waals surface area contributed by atoms with Crippen LogP contribution in [-0.4, -0.2) is 41.4 Å². The topological polar surface area (TPSA) is 67.5 Å². The van der Waals surface area contributed by atoms with Crippen LogP contribution < -0.4 is 5.59 Å². The van der Waals surface area contributed by atoms with E-state index in [9.17, 15) is 0 Å². The number of ether oxygens (including phenoxy) is 1. The molecule has 1 heterocycles. The zero-order chi connectivity index (χ0) is 13.1. The second-order valence-electron chi connectivity index (χ2n) is 5.38. The fourth-order valence-electron chi connectivity index (χ4n) is 1.39. The summed E-state index contributed by atoms with van der Waals surface area (Å²) < 4.78 is 7.24. The lowest BCUT2D eigenvalue weighted by molar-refractivity contribution is 0.0871. The molecule has 0 bridgehead atoms. The standard InChI is InChI=1S/C10H21BN2O3Si/c1-9-12-7-10(11(14)15)13(9)8-16-5-6-17(2,3)4/h7,14-15H,5-6,8H2,1-4H3. The van der Waals surface area contributed by atoms with Crippen molar-refractivity contribution >= 4 is 20.8 Å². The van der Waals surface area contributed by atoms with Gasteiger partial charge in [-0.3, -0.25) is 0 Å². The third kappa shape index (κ3) is 4.63. The van der Waals surface area contributed by atoms with Gasteiger partial charge in [0.15, 0.2) is 0 Å².